The predicted octanol–water partition coefficient (Wildman–Crippen LogP) is 7.20. The van der Waals surface area contributed by atoms with Gasteiger partial charge in [-0.1, -0.05) is 57.9 Å². The minimum Gasteiger partial charge on any atom is -0.257 e. The zero-order chi connectivity index (χ0) is 20.6. The lowest BCUT2D eigenvalue weighted by Crippen LogP contribution is -2.15. The summed E-state index contributed by atoms with van der Waals surface area (Å²) in [5.41, 5.74) is 12.5. The van der Waals surface area contributed by atoms with E-state index in [9.17, 15) is 0 Å². The molecule has 1 fully saturated rings. The van der Waals surface area contributed by atoms with Crippen LogP contribution in [0.5, 0.6) is 0 Å². The Labute approximate surface area is 175 Å². The van der Waals surface area contributed by atoms with Crippen LogP contribution in [0.3, 0.4) is 0 Å². The average molecular weight is 385 g/mol. The van der Waals surface area contributed by atoms with E-state index in [4.69, 9.17) is 9.97 Å². The zero-order valence-corrected chi connectivity index (χ0v) is 18.3. The Balaban J connectivity index is 1.78. The number of rotatable bonds is 3. The number of hydrogen-bond acceptors (Lipinski definition) is 2. The maximum Gasteiger partial charge on any atom is 0.0930 e. The molecule has 0 radical (unpaired) electrons. The Morgan fingerprint density at radius 3 is 2.59 bits per heavy atom. The molecule has 0 bridgehead atoms. The van der Waals surface area contributed by atoms with Crippen LogP contribution in [-0.2, 0) is 6.42 Å². The second kappa shape index (κ2) is 7.76. The topological polar surface area (TPSA) is 25.8 Å². The van der Waals surface area contributed by atoms with Gasteiger partial charge in [0.25, 0.3) is 0 Å². The second-order valence-electron chi connectivity index (χ2n) is 9.62. The summed E-state index contributed by atoms with van der Waals surface area (Å²) in [5, 5.41) is 0. The van der Waals surface area contributed by atoms with Gasteiger partial charge in [0.15, 0.2) is 0 Å². The average Bonchev–Trinajstić information content (AvgIpc) is 3.22. The van der Waals surface area contributed by atoms with Crippen LogP contribution in [0.15, 0.2) is 48.4 Å². The quantitative estimate of drug-likeness (QED) is 0.523. The van der Waals surface area contributed by atoms with Gasteiger partial charge < -0.3 is 0 Å². The van der Waals surface area contributed by atoms with Crippen molar-refractivity contribution in [1.29, 1.82) is 0 Å². The molecule has 2 aliphatic rings. The third-order valence-corrected chi connectivity index (χ3v) is 6.25. The van der Waals surface area contributed by atoms with Gasteiger partial charge in [-0.2, -0.15) is 0 Å². The Morgan fingerprint density at radius 1 is 1.14 bits per heavy atom. The molecule has 1 aromatic carbocycles. The summed E-state index contributed by atoms with van der Waals surface area (Å²) in [5.74, 6) is 0.700. The minimum absolute atomic E-state index is 0.0289. The molecule has 0 N–H and O–H groups in total. The van der Waals surface area contributed by atoms with Crippen LogP contribution in [0, 0.1) is 12.3 Å². The Hall–Kier alpha value is -2.44. The van der Waals surface area contributed by atoms with Crippen LogP contribution >= 0.6 is 0 Å². The molecule has 2 aromatic rings. The van der Waals surface area contributed by atoms with Gasteiger partial charge in [0.1, 0.15) is 0 Å². The molecule has 2 heteroatoms. The summed E-state index contributed by atoms with van der Waals surface area (Å²) in [6, 6.07) is 6.95. The van der Waals surface area contributed by atoms with Crippen molar-refractivity contribution in [2.24, 2.45) is 5.41 Å². The molecule has 150 valence electrons. The molecular weight excluding hydrogens is 352 g/mol. The molecule has 0 spiro atoms. The van der Waals surface area contributed by atoms with E-state index < -0.39 is 0 Å². The number of hydrogen-bond donors (Lipinski definition) is 0. The molecule has 2 aliphatic carbocycles. The van der Waals surface area contributed by atoms with Crippen molar-refractivity contribution >= 4 is 5.57 Å². The zero-order valence-electron chi connectivity index (χ0n) is 18.3. The maximum atomic E-state index is 5.14. The number of benzene rings is 1. The van der Waals surface area contributed by atoms with Gasteiger partial charge in [-0.3, -0.25) is 4.98 Å². The van der Waals surface area contributed by atoms with Crippen LogP contribution < -0.4 is 0 Å². The van der Waals surface area contributed by atoms with Crippen molar-refractivity contribution in [3.63, 3.8) is 0 Å². The van der Waals surface area contributed by atoms with Gasteiger partial charge in [0.2, 0.25) is 0 Å². The number of allylic oxidation sites excluding steroid dienone is 3. The monoisotopic (exact) mass is 384 g/mol. The van der Waals surface area contributed by atoms with Crippen LogP contribution in [0.2, 0.25) is 0 Å². The third kappa shape index (κ3) is 4.00. The van der Waals surface area contributed by atoms with Crippen LogP contribution in [0.25, 0.3) is 16.8 Å². The highest BCUT2D eigenvalue weighted by Gasteiger charge is 2.27. The first kappa shape index (κ1) is 19.9. The van der Waals surface area contributed by atoms with Crippen molar-refractivity contribution in [1.82, 2.24) is 9.97 Å². The summed E-state index contributed by atoms with van der Waals surface area (Å²) in [6.07, 6.45) is 11.5. The number of nitrogens with zero attached hydrogens (tertiary/aromatic N) is 2. The predicted molar refractivity (Wildman–Crippen MR) is 122 cm³/mol. The molecular formula is C27H32N2. The Kier molecular flexibility index (Phi) is 5.32. The molecule has 1 aromatic heterocycles. The van der Waals surface area contributed by atoms with Crippen molar-refractivity contribution in [2.75, 3.05) is 0 Å². The minimum atomic E-state index is -0.0289. The third-order valence-electron chi connectivity index (χ3n) is 6.25. The lowest BCUT2D eigenvalue weighted by atomic mass is 9.79. The van der Waals surface area contributed by atoms with E-state index in [1.54, 1.807) is 0 Å². The highest BCUT2D eigenvalue weighted by Crippen LogP contribution is 2.40. The van der Waals surface area contributed by atoms with E-state index in [1.807, 2.05) is 6.20 Å². The molecule has 2 nitrogen and oxygen atoms in total. The molecule has 1 saturated carbocycles. The van der Waals surface area contributed by atoms with Crippen molar-refractivity contribution in [3.05, 3.63) is 70.9 Å². The van der Waals surface area contributed by atoms with E-state index in [-0.39, 0.29) is 5.41 Å². The lowest BCUT2D eigenvalue weighted by Gasteiger charge is -2.26. The maximum absolute atomic E-state index is 5.14. The summed E-state index contributed by atoms with van der Waals surface area (Å²) in [7, 11) is 0. The molecule has 29 heavy (non-hydrogen) atoms. The summed E-state index contributed by atoms with van der Waals surface area (Å²) < 4.78 is 0. The van der Waals surface area contributed by atoms with Crippen LogP contribution in [0.4, 0.5) is 0 Å². The number of aryl methyl sites for hydroxylation is 2. The molecule has 0 atom stereocenters. The second-order valence-corrected chi connectivity index (χ2v) is 9.62. The SMILES string of the molecule is C=C=C(C1=CCCc2ncc(-c3cc(C)cc(C4CCCC4)c3)nc21)C(C)(C)C. The molecule has 4 rings (SSSR count). The van der Waals surface area contributed by atoms with Gasteiger partial charge in [-0.25, -0.2) is 4.98 Å². The van der Waals surface area contributed by atoms with Crippen molar-refractivity contribution in [3.8, 4) is 11.3 Å². The lowest BCUT2D eigenvalue weighted by molar-refractivity contribution is 0.520. The summed E-state index contributed by atoms with van der Waals surface area (Å²) in [4.78, 5) is 9.97. The molecule has 0 aliphatic heterocycles. The van der Waals surface area contributed by atoms with E-state index in [0.717, 1.165) is 41.1 Å². The smallest absolute Gasteiger partial charge is 0.0930 e. The Bertz CT molecular complexity index is 1010. The summed E-state index contributed by atoms with van der Waals surface area (Å²) in [6.45, 7) is 12.8. The molecule has 1 heterocycles. The highest BCUT2D eigenvalue weighted by molar-refractivity contribution is 5.81. The fraction of sp³-hybridized carbons (Fsp3) is 0.444. The fourth-order valence-electron chi connectivity index (χ4n) is 4.84. The van der Waals surface area contributed by atoms with Gasteiger partial charge in [-0.05, 0) is 61.6 Å². The molecule has 0 amide bonds. The van der Waals surface area contributed by atoms with E-state index in [0.29, 0.717) is 5.92 Å². The van der Waals surface area contributed by atoms with Gasteiger partial charge in [0.05, 0.1) is 23.3 Å². The van der Waals surface area contributed by atoms with Crippen molar-refractivity contribution in [2.45, 2.75) is 72.1 Å². The van der Waals surface area contributed by atoms with Crippen LogP contribution in [-0.4, -0.2) is 9.97 Å². The molecule has 0 unspecified atom stereocenters. The van der Waals surface area contributed by atoms with Gasteiger partial charge in [-0.15, -0.1) is 5.73 Å². The largest absolute Gasteiger partial charge is 0.257 e. The van der Waals surface area contributed by atoms with Gasteiger partial charge >= 0.3 is 0 Å². The highest BCUT2D eigenvalue weighted by atomic mass is 14.8. The first-order chi connectivity index (χ1) is 13.9. The Morgan fingerprint density at radius 2 is 1.90 bits per heavy atom. The van der Waals surface area contributed by atoms with E-state index in [2.05, 4.69) is 64.3 Å². The fourth-order valence-corrected chi connectivity index (χ4v) is 4.84. The van der Waals surface area contributed by atoms with Crippen LogP contribution in [0.1, 0.15) is 81.3 Å². The normalized spacial score (nSPS) is 16.9. The van der Waals surface area contributed by atoms with E-state index >= 15 is 0 Å². The first-order valence-electron chi connectivity index (χ1n) is 11.0. The van der Waals surface area contributed by atoms with Gasteiger partial charge in [0, 0.05) is 16.7 Å². The van der Waals surface area contributed by atoms with Crippen molar-refractivity contribution < 1.29 is 0 Å². The molecule has 0 saturated heterocycles. The number of fused-ring (bicyclic) bond motifs is 1. The summed E-state index contributed by atoms with van der Waals surface area (Å²) >= 11 is 0. The van der Waals surface area contributed by atoms with E-state index in [1.165, 1.54) is 42.4 Å². The number of aromatic nitrogens is 2. The first-order valence-corrected chi connectivity index (χ1v) is 11.0. The standard InChI is InChI=1S/C27H32N2/c1-6-23(27(3,4)5)22-12-9-13-24-26(22)29-25(17-28-24)21-15-18(2)14-20(16-21)19-10-7-8-11-19/h12,14-17,19H,1,7-11,13H2,2-5H3.